The molecule has 0 aliphatic heterocycles. The van der Waals surface area contributed by atoms with Crippen LogP contribution in [0.3, 0.4) is 0 Å². The van der Waals surface area contributed by atoms with Crippen molar-refractivity contribution in [1.82, 2.24) is 9.97 Å². The highest BCUT2D eigenvalue weighted by molar-refractivity contribution is 5.80. The molecular weight excluding hydrogens is 220 g/mol. The first-order valence-corrected chi connectivity index (χ1v) is 4.95. The summed E-state index contributed by atoms with van der Waals surface area (Å²) in [4.78, 5) is 18.7. The molecule has 5 nitrogen and oxygen atoms in total. The van der Waals surface area contributed by atoms with E-state index in [4.69, 9.17) is 9.84 Å². The first-order valence-electron chi connectivity index (χ1n) is 4.95. The van der Waals surface area contributed by atoms with E-state index in [9.17, 15) is 4.79 Å². The molecule has 17 heavy (non-hydrogen) atoms. The number of hydrogen-bond acceptors (Lipinski definition) is 4. The van der Waals surface area contributed by atoms with E-state index in [1.165, 1.54) is 0 Å². The van der Waals surface area contributed by atoms with Crippen molar-refractivity contribution in [3.05, 3.63) is 42.4 Å². The van der Waals surface area contributed by atoms with E-state index >= 15 is 0 Å². The molecule has 1 aromatic heterocycles. The first-order chi connectivity index (χ1) is 8.15. The number of nitrogens with zero attached hydrogens (tertiary/aromatic N) is 2. The second kappa shape index (κ2) is 4.61. The molecule has 0 saturated carbocycles. The summed E-state index contributed by atoms with van der Waals surface area (Å²) in [7, 11) is 0. The lowest BCUT2D eigenvalue weighted by molar-refractivity contribution is -0.131. The summed E-state index contributed by atoms with van der Waals surface area (Å²) in [5, 5.41) is 8.55. The van der Waals surface area contributed by atoms with Crippen molar-refractivity contribution in [3.63, 3.8) is 0 Å². The zero-order valence-corrected chi connectivity index (χ0v) is 9.12. The minimum Gasteiger partial charge on any atom is -0.478 e. The molecule has 0 aliphatic rings. The van der Waals surface area contributed by atoms with Crippen molar-refractivity contribution in [2.45, 2.75) is 6.92 Å². The smallest absolute Gasteiger partial charge is 0.331 e. The van der Waals surface area contributed by atoms with Gasteiger partial charge in [0.2, 0.25) is 0 Å². The number of carbonyl (C=O) groups is 1. The predicted octanol–water partition coefficient (Wildman–Crippen LogP) is 2.00. The highest BCUT2D eigenvalue weighted by Gasteiger charge is 2.01. The standard InChI is InChI=1S/C12H10N2O3/c1-8(6-12(15)16)17-9-2-3-10-11(7-9)14-5-4-13-10/h2-7H,1H3,(H,15,16)/b8-6-. The van der Waals surface area contributed by atoms with Crippen molar-refractivity contribution in [2.24, 2.45) is 0 Å². The molecular formula is C12H10N2O3. The zero-order chi connectivity index (χ0) is 12.3. The fourth-order valence-corrected chi connectivity index (χ4v) is 1.40. The van der Waals surface area contributed by atoms with Crippen molar-refractivity contribution < 1.29 is 14.6 Å². The second-order valence-corrected chi connectivity index (χ2v) is 3.40. The Bertz CT molecular complexity index is 593. The third-order valence-corrected chi connectivity index (χ3v) is 2.05. The summed E-state index contributed by atoms with van der Waals surface area (Å²) in [6, 6.07) is 5.20. The number of carboxylic acids is 1. The van der Waals surface area contributed by atoms with Gasteiger partial charge in [0.25, 0.3) is 0 Å². The van der Waals surface area contributed by atoms with Crippen LogP contribution in [-0.4, -0.2) is 21.0 Å². The van der Waals surface area contributed by atoms with Crippen molar-refractivity contribution >= 4 is 17.0 Å². The van der Waals surface area contributed by atoms with Gasteiger partial charge in [-0.3, -0.25) is 9.97 Å². The maximum Gasteiger partial charge on any atom is 0.331 e. The van der Waals surface area contributed by atoms with E-state index in [1.807, 2.05) is 0 Å². The molecule has 0 atom stereocenters. The molecule has 0 radical (unpaired) electrons. The molecule has 0 spiro atoms. The Kier molecular flexibility index (Phi) is 3.00. The largest absolute Gasteiger partial charge is 0.478 e. The molecule has 86 valence electrons. The Hall–Kier alpha value is -2.43. The van der Waals surface area contributed by atoms with Crippen molar-refractivity contribution in [3.8, 4) is 5.75 Å². The molecule has 0 bridgehead atoms. The first kappa shape index (κ1) is 11.1. The van der Waals surface area contributed by atoms with E-state index in [0.29, 0.717) is 17.0 Å². The fraction of sp³-hybridized carbons (Fsp3) is 0.0833. The van der Waals surface area contributed by atoms with Gasteiger partial charge in [0, 0.05) is 18.5 Å². The van der Waals surface area contributed by atoms with E-state index in [-0.39, 0.29) is 0 Å². The highest BCUT2D eigenvalue weighted by Crippen LogP contribution is 2.19. The fourth-order valence-electron chi connectivity index (χ4n) is 1.40. The summed E-state index contributed by atoms with van der Waals surface area (Å²) in [5.74, 6) is -0.197. The second-order valence-electron chi connectivity index (χ2n) is 3.40. The molecule has 1 N–H and O–H groups in total. The molecule has 0 aliphatic carbocycles. The van der Waals surface area contributed by atoms with Crippen molar-refractivity contribution in [2.75, 3.05) is 0 Å². The topological polar surface area (TPSA) is 72.3 Å². The van der Waals surface area contributed by atoms with Gasteiger partial charge in [0.15, 0.2) is 0 Å². The lowest BCUT2D eigenvalue weighted by Crippen LogP contribution is -1.96. The Morgan fingerprint density at radius 2 is 2.00 bits per heavy atom. The number of benzene rings is 1. The molecule has 2 rings (SSSR count). The van der Waals surface area contributed by atoms with E-state index in [0.717, 1.165) is 11.6 Å². The number of carboxylic acid groups (broad SMARTS) is 1. The normalized spacial score (nSPS) is 11.5. The summed E-state index contributed by atoms with van der Waals surface area (Å²) < 4.78 is 5.35. The Morgan fingerprint density at radius 3 is 2.71 bits per heavy atom. The highest BCUT2D eigenvalue weighted by atomic mass is 16.5. The van der Waals surface area contributed by atoms with E-state index in [1.54, 1.807) is 37.5 Å². The Balaban J connectivity index is 2.28. The number of ether oxygens (including phenoxy) is 1. The van der Waals surface area contributed by atoms with Crippen LogP contribution in [0.15, 0.2) is 42.4 Å². The quantitative estimate of drug-likeness (QED) is 0.644. The number of aliphatic carboxylic acids is 1. The van der Waals surface area contributed by atoms with Crippen LogP contribution < -0.4 is 4.74 Å². The number of aromatic nitrogens is 2. The van der Waals surface area contributed by atoms with Gasteiger partial charge in [0.05, 0.1) is 17.1 Å². The average Bonchev–Trinajstić information content (AvgIpc) is 2.27. The van der Waals surface area contributed by atoms with Gasteiger partial charge >= 0.3 is 5.97 Å². The Labute approximate surface area is 97.4 Å². The van der Waals surface area contributed by atoms with Crippen LogP contribution in [0.1, 0.15) is 6.92 Å². The number of fused-ring (bicyclic) bond motifs is 1. The van der Waals surface area contributed by atoms with Gasteiger partial charge in [-0.25, -0.2) is 4.79 Å². The van der Waals surface area contributed by atoms with Gasteiger partial charge in [-0.05, 0) is 19.1 Å². The molecule has 0 fully saturated rings. The van der Waals surface area contributed by atoms with Crippen LogP contribution in [0.5, 0.6) is 5.75 Å². The van der Waals surface area contributed by atoms with Gasteiger partial charge < -0.3 is 9.84 Å². The number of hydrogen-bond donors (Lipinski definition) is 1. The van der Waals surface area contributed by atoms with Crippen LogP contribution in [0, 0.1) is 0 Å². The average molecular weight is 230 g/mol. The van der Waals surface area contributed by atoms with E-state index < -0.39 is 5.97 Å². The summed E-state index contributed by atoms with van der Waals surface area (Å²) in [6.07, 6.45) is 4.20. The third kappa shape index (κ3) is 2.78. The lowest BCUT2D eigenvalue weighted by Gasteiger charge is -2.05. The monoisotopic (exact) mass is 230 g/mol. The molecule has 0 unspecified atom stereocenters. The molecule has 0 amide bonds. The maximum atomic E-state index is 10.4. The summed E-state index contributed by atoms with van der Waals surface area (Å²) in [6.45, 7) is 1.58. The molecule has 1 aromatic carbocycles. The van der Waals surface area contributed by atoms with Crippen LogP contribution in [0.4, 0.5) is 0 Å². The van der Waals surface area contributed by atoms with Gasteiger partial charge in [-0.15, -0.1) is 0 Å². The Morgan fingerprint density at radius 1 is 1.29 bits per heavy atom. The summed E-state index contributed by atoms with van der Waals surface area (Å²) in [5.41, 5.74) is 1.47. The van der Waals surface area contributed by atoms with Crippen LogP contribution in [0.2, 0.25) is 0 Å². The molecule has 1 heterocycles. The lowest BCUT2D eigenvalue weighted by atomic mass is 10.3. The molecule has 2 aromatic rings. The van der Waals surface area contributed by atoms with Gasteiger partial charge in [-0.2, -0.15) is 0 Å². The molecule has 5 heteroatoms. The third-order valence-electron chi connectivity index (χ3n) is 2.05. The molecule has 0 saturated heterocycles. The zero-order valence-electron chi connectivity index (χ0n) is 9.12. The van der Waals surface area contributed by atoms with Crippen LogP contribution in [0.25, 0.3) is 11.0 Å². The number of rotatable bonds is 3. The number of allylic oxidation sites excluding steroid dienone is 1. The minimum absolute atomic E-state index is 0.306. The SMILES string of the molecule is C/C(=C/C(=O)O)Oc1ccc2nccnc2c1. The summed E-state index contributed by atoms with van der Waals surface area (Å²) >= 11 is 0. The van der Waals surface area contributed by atoms with Crippen molar-refractivity contribution in [1.29, 1.82) is 0 Å². The maximum absolute atomic E-state index is 10.4. The van der Waals surface area contributed by atoms with Gasteiger partial charge in [-0.1, -0.05) is 0 Å². The van der Waals surface area contributed by atoms with Crippen LogP contribution in [-0.2, 0) is 4.79 Å². The minimum atomic E-state index is -1.04. The van der Waals surface area contributed by atoms with Gasteiger partial charge in [0.1, 0.15) is 11.5 Å². The van der Waals surface area contributed by atoms with Crippen LogP contribution >= 0.6 is 0 Å². The van der Waals surface area contributed by atoms with E-state index in [2.05, 4.69) is 9.97 Å². The predicted molar refractivity (Wildman–Crippen MR) is 61.6 cm³/mol.